The summed E-state index contributed by atoms with van der Waals surface area (Å²) in [5.74, 6) is 0. The zero-order valence-corrected chi connectivity index (χ0v) is 35.3. The van der Waals surface area contributed by atoms with Gasteiger partial charge in [-0.05, 0) is 115 Å². The fourth-order valence-corrected chi connectivity index (χ4v) is 11.3. The molecule has 12 rings (SSSR count). The molecule has 296 valence electrons. The smallest absolute Gasteiger partial charge is 0.0713 e. The first kappa shape index (κ1) is 37.0. The summed E-state index contributed by atoms with van der Waals surface area (Å²) >= 11 is 1.88. The van der Waals surface area contributed by atoms with Crippen molar-refractivity contribution >= 4 is 48.6 Å². The Morgan fingerprint density at radius 2 is 0.825 bits per heavy atom. The second kappa shape index (κ2) is 15.3. The van der Waals surface area contributed by atoms with Crippen LogP contribution in [-0.4, -0.2) is 0 Å². The maximum Gasteiger partial charge on any atom is 0.0713 e. The van der Waals surface area contributed by atoms with Gasteiger partial charge in [0.05, 0.1) is 15.8 Å². The van der Waals surface area contributed by atoms with Crippen LogP contribution >= 0.6 is 11.3 Å². The third-order valence-electron chi connectivity index (χ3n) is 12.9. The third-order valence-corrected chi connectivity index (χ3v) is 14.1. The van der Waals surface area contributed by atoms with Gasteiger partial charge in [-0.15, -0.1) is 11.3 Å². The highest BCUT2D eigenvalue weighted by Gasteiger charge is 2.46. The van der Waals surface area contributed by atoms with Gasteiger partial charge in [-0.1, -0.05) is 200 Å². The molecule has 0 bridgehead atoms. The van der Waals surface area contributed by atoms with Crippen LogP contribution in [0.25, 0.3) is 64.7 Å². The quantitative estimate of drug-likeness (QED) is 0.148. The lowest BCUT2D eigenvalue weighted by molar-refractivity contribution is 0.770. The molecule has 1 nitrogen and oxygen atoms in total. The van der Waals surface area contributed by atoms with E-state index in [4.69, 9.17) is 0 Å². The standard InChI is InChI=1S/C61H41NS/c1-5-18-42(19-6-1)45-32-35-50(36-33-45)62(51-39-46(43-20-7-2-8-21-43)38-47(40-51)44-22-9-3-10-23-44)58-31-17-28-54-55-41-49(34-37-59(55)63-60(54)58)61(48-24-11-4-12-25-48)56-29-15-13-26-52(56)53-27-14-16-30-57(53)61/h1-41H. The molecular weight excluding hydrogens is 779 g/mol. The maximum absolute atomic E-state index is 2.49. The molecule has 0 N–H and O–H groups in total. The third kappa shape index (κ3) is 6.14. The van der Waals surface area contributed by atoms with Crippen LogP contribution in [0.3, 0.4) is 0 Å². The molecule has 1 aliphatic rings. The van der Waals surface area contributed by atoms with Crippen molar-refractivity contribution in [1.82, 2.24) is 0 Å². The predicted molar refractivity (Wildman–Crippen MR) is 268 cm³/mol. The molecule has 0 unspecified atom stereocenters. The summed E-state index contributed by atoms with van der Waals surface area (Å²) in [7, 11) is 0. The van der Waals surface area contributed by atoms with Gasteiger partial charge in [0.25, 0.3) is 0 Å². The SMILES string of the molecule is c1ccc(-c2ccc(N(c3cc(-c4ccccc4)cc(-c4ccccc4)c3)c3cccc4c3sc3ccc(C5(c6ccccc6)c6ccccc6-c6ccccc65)cc34)cc2)cc1. The van der Waals surface area contributed by atoms with Crippen LogP contribution in [0.2, 0.25) is 0 Å². The van der Waals surface area contributed by atoms with E-state index in [2.05, 4.69) is 254 Å². The van der Waals surface area contributed by atoms with E-state index >= 15 is 0 Å². The Morgan fingerprint density at radius 1 is 0.317 bits per heavy atom. The van der Waals surface area contributed by atoms with Crippen molar-refractivity contribution in [2.24, 2.45) is 0 Å². The van der Waals surface area contributed by atoms with Crippen LogP contribution < -0.4 is 4.90 Å². The summed E-state index contributed by atoms with van der Waals surface area (Å²) in [5, 5.41) is 2.53. The molecule has 0 saturated heterocycles. The molecule has 1 heterocycles. The van der Waals surface area contributed by atoms with E-state index < -0.39 is 5.41 Å². The van der Waals surface area contributed by atoms with E-state index in [9.17, 15) is 0 Å². The number of fused-ring (bicyclic) bond motifs is 6. The number of nitrogens with zero attached hydrogens (tertiary/aromatic N) is 1. The summed E-state index contributed by atoms with van der Waals surface area (Å²) in [6, 6.07) is 91.5. The zero-order chi connectivity index (χ0) is 41.7. The number of hydrogen-bond acceptors (Lipinski definition) is 2. The summed E-state index contributed by atoms with van der Waals surface area (Å²) in [4.78, 5) is 2.47. The molecule has 0 atom stereocenters. The maximum atomic E-state index is 2.49. The Balaban J connectivity index is 1.09. The van der Waals surface area contributed by atoms with E-state index in [0.717, 1.165) is 17.1 Å². The molecule has 0 fully saturated rings. The van der Waals surface area contributed by atoms with E-state index in [1.807, 2.05) is 11.3 Å². The second-order valence-corrected chi connectivity index (χ2v) is 17.5. The van der Waals surface area contributed by atoms with Crippen LogP contribution in [0.5, 0.6) is 0 Å². The Hall–Kier alpha value is -7.78. The normalized spacial score (nSPS) is 12.6. The first-order valence-corrected chi connectivity index (χ1v) is 22.5. The van der Waals surface area contributed by atoms with Gasteiger partial charge in [-0.3, -0.25) is 0 Å². The highest BCUT2D eigenvalue weighted by atomic mass is 32.1. The Bertz CT molecular complexity index is 3320. The molecule has 0 radical (unpaired) electrons. The second-order valence-electron chi connectivity index (χ2n) is 16.4. The van der Waals surface area contributed by atoms with E-state index in [0.29, 0.717) is 0 Å². The van der Waals surface area contributed by atoms with Gasteiger partial charge in [0.1, 0.15) is 0 Å². The lowest BCUT2D eigenvalue weighted by atomic mass is 9.67. The topological polar surface area (TPSA) is 3.24 Å². The van der Waals surface area contributed by atoms with Crippen LogP contribution in [0, 0.1) is 0 Å². The van der Waals surface area contributed by atoms with E-state index in [-0.39, 0.29) is 0 Å². The first-order chi connectivity index (χ1) is 31.2. The van der Waals surface area contributed by atoms with Gasteiger partial charge in [-0.2, -0.15) is 0 Å². The molecular formula is C61H41NS. The minimum atomic E-state index is -0.466. The van der Waals surface area contributed by atoms with E-state index in [1.54, 1.807) is 0 Å². The largest absolute Gasteiger partial charge is 0.309 e. The summed E-state index contributed by atoms with van der Waals surface area (Å²) in [6.07, 6.45) is 0. The zero-order valence-electron chi connectivity index (χ0n) is 34.5. The summed E-state index contributed by atoms with van der Waals surface area (Å²) in [6.45, 7) is 0. The van der Waals surface area contributed by atoms with Crippen molar-refractivity contribution in [1.29, 1.82) is 0 Å². The van der Waals surface area contributed by atoms with Crippen molar-refractivity contribution in [2.45, 2.75) is 5.41 Å². The Kier molecular flexibility index (Phi) is 8.98. The van der Waals surface area contributed by atoms with Gasteiger partial charge < -0.3 is 4.90 Å². The summed E-state index contributed by atoms with van der Waals surface area (Å²) in [5.41, 5.74) is 17.8. The van der Waals surface area contributed by atoms with Crippen LogP contribution in [0.1, 0.15) is 22.3 Å². The predicted octanol–water partition coefficient (Wildman–Crippen LogP) is 16.9. The van der Waals surface area contributed by atoms with Gasteiger partial charge in [0, 0.05) is 26.8 Å². The molecule has 10 aromatic carbocycles. The molecule has 63 heavy (non-hydrogen) atoms. The molecule has 0 aliphatic heterocycles. The summed E-state index contributed by atoms with van der Waals surface area (Å²) < 4.78 is 2.52. The number of thiophene rings is 1. The minimum absolute atomic E-state index is 0.466. The number of anilines is 3. The Labute approximate surface area is 372 Å². The highest BCUT2D eigenvalue weighted by Crippen LogP contribution is 2.57. The van der Waals surface area contributed by atoms with Crippen molar-refractivity contribution in [3.8, 4) is 44.5 Å². The molecule has 0 saturated carbocycles. The highest BCUT2D eigenvalue weighted by molar-refractivity contribution is 7.26. The van der Waals surface area contributed by atoms with Crippen LogP contribution in [0.15, 0.2) is 249 Å². The van der Waals surface area contributed by atoms with Crippen LogP contribution in [0.4, 0.5) is 17.1 Å². The lowest BCUT2D eigenvalue weighted by Gasteiger charge is -2.34. The fourth-order valence-electron chi connectivity index (χ4n) is 10.1. The molecule has 1 aromatic heterocycles. The Morgan fingerprint density at radius 3 is 1.41 bits per heavy atom. The number of hydrogen-bond donors (Lipinski definition) is 0. The lowest BCUT2D eigenvalue weighted by Crippen LogP contribution is -2.28. The van der Waals surface area contributed by atoms with Crippen LogP contribution in [-0.2, 0) is 5.41 Å². The first-order valence-electron chi connectivity index (χ1n) is 21.7. The molecule has 0 spiro atoms. The fraction of sp³-hybridized carbons (Fsp3) is 0.0164. The van der Waals surface area contributed by atoms with Gasteiger partial charge in [-0.25, -0.2) is 0 Å². The van der Waals surface area contributed by atoms with Gasteiger partial charge in [0.2, 0.25) is 0 Å². The number of benzene rings is 10. The van der Waals surface area contributed by atoms with Crippen molar-refractivity contribution in [3.05, 3.63) is 271 Å². The minimum Gasteiger partial charge on any atom is -0.309 e. The molecule has 0 amide bonds. The molecule has 1 aliphatic carbocycles. The van der Waals surface area contributed by atoms with E-state index in [1.165, 1.54) is 86.9 Å². The number of rotatable bonds is 8. The monoisotopic (exact) mass is 819 g/mol. The average Bonchev–Trinajstić information content (AvgIpc) is 3.89. The average molecular weight is 820 g/mol. The molecule has 2 heteroatoms. The van der Waals surface area contributed by atoms with Crippen molar-refractivity contribution in [2.75, 3.05) is 4.90 Å². The van der Waals surface area contributed by atoms with Crippen molar-refractivity contribution < 1.29 is 0 Å². The van der Waals surface area contributed by atoms with Gasteiger partial charge >= 0.3 is 0 Å². The van der Waals surface area contributed by atoms with Gasteiger partial charge in [0.15, 0.2) is 0 Å². The molecule has 11 aromatic rings. The van der Waals surface area contributed by atoms with Crippen molar-refractivity contribution in [3.63, 3.8) is 0 Å².